The maximum absolute atomic E-state index is 13.0. The van der Waals surface area contributed by atoms with Crippen LogP contribution in [0.2, 0.25) is 0 Å². The van der Waals surface area contributed by atoms with Gasteiger partial charge in [0.15, 0.2) is 0 Å². The molecular formula is C49H88N6O15S. The highest BCUT2D eigenvalue weighted by Crippen LogP contribution is 2.20. The average Bonchev–Trinajstić information content (AvgIpc) is 3.34. The van der Waals surface area contributed by atoms with Crippen LogP contribution in [0, 0.1) is 5.92 Å². The second kappa shape index (κ2) is 44.6. The average molecular weight is 1030 g/mol. The molecule has 0 bridgehead atoms. The van der Waals surface area contributed by atoms with E-state index in [2.05, 4.69) is 38.8 Å². The van der Waals surface area contributed by atoms with Crippen molar-refractivity contribution in [2.24, 2.45) is 5.92 Å². The fourth-order valence-corrected chi connectivity index (χ4v) is 8.07. The Balaban J connectivity index is 1.99. The zero-order chi connectivity index (χ0) is 52.2. The molecule has 1 saturated heterocycles. The number of aliphatic carboxylic acids is 3. The summed E-state index contributed by atoms with van der Waals surface area (Å²) >= 11 is 3.78. The maximum atomic E-state index is 13.0. The summed E-state index contributed by atoms with van der Waals surface area (Å²) in [6.45, 7) is 2.57. The van der Waals surface area contributed by atoms with Gasteiger partial charge in [-0.1, -0.05) is 103 Å². The van der Waals surface area contributed by atoms with Crippen LogP contribution in [0.3, 0.4) is 0 Å². The summed E-state index contributed by atoms with van der Waals surface area (Å²) in [5.74, 6) is -4.61. The zero-order valence-corrected chi connectivity index (χ0v) is 43.1. The Hall–Kier alpha value is -4.09. The minimum atomic E-state index is -1.23. The summed E-state index contributed by atoms with van der Waals surface area (Å²) in [7, 11) is 0. The number of likely N-dealkylation sites (tertiary alicyclic amines) is 1. The number of unbranched alkanes of at least 4 members (excludes halogenated alkanes) is 16. The summed E-state index contributed by atoms with van der Waals surface area (Å²) in [5.41, 5.74) is 0. The largest absolute Gasteiger partial charge is 0.481 e. The molecule has 8 N–H and O–H groups in total. The summed E-state index contributed by atoms with van der Waals surface area (Å²) < 4.78 is 23.7. The maximum Gasteiger partial charge on any atom is 0.326 e. The quantitative estimate of drug-likeness (QED) is 0.0306. The second-order valence-electron chi connectivity index (χ2n) is 18.0. The van der Waals surface area contributed by atoms with Gasteiger partial charge in [-0.15, -0.1) is 0 Å². The predicted molar refractivity (Wildman–Crippen MR) is 269 cm³/mol. The van der Waals surface area contributed by atoms with Gasteiger partial charge in [-0.05, 0) is 51.4 Å². The molecule has 1 aliphatic rings. The predicted octanol–water partition coefficient (Wildman–Crippen LogP) is 4.15. The Morgan fingerprint density at radius 2 is 0.915 bits per heavy atom. The zero-order valence-electron chi connectivity index (χ0n) is 42.2. The van der Waals surface area contributed by atoms with Crippen molar-refractivity contribution in [2.75, 3.05) is 85.6 Å². The van der Waals surface area contributed by atoms with Gasteiger partial charge in [0.25, 0.3) is 0 Å². The normalized spacial score (nSPS) is 13.6. The summed E-state index contributed by atoms with van der Waals surface area (Å²) in [6.07, 6.45) is 21.6. The SMILES string of the molecule is O=C(O)CCCCCCCCCCCCCCCCCCC(=O)N1CCC(C(=O)N[C@@H](CCC(=O)NCCOCCOCC(=O)NCCOCCOCC(=O)NCCCCC(NS)C(=O)O)C(=O)O)CC1. The molecule has 0 aromatic carbocycles. The van der Waals surface area contributed by atoms with E-state index in [9.17, 15) is 43.5 Å². The van der Waals surface area contributed by atoms with Crippen LogP contribution in [0.25, 0.3) is 0 Å². The molecule has 0 aromatic rings. The number of carboxylic acid groups (broad SMARTS) is 3. The van der Waals surface area contributed by atoms with E-state index >= 15 is 0 Å². The van der Waals surface area contributed by atoms with Crippen molar-refractivity contribution in [3.05, 3.63) is 0 Å². The first-order valence-electron chi connectivity index (χ1n) is 26.1. The number of carbonyl (C=O) groups is 8. The molecule has 0 saturated carbocycles. The Kier molecular flexibility index (Phi) is 40.8. The molecule has 71 heavy (non-hydrogen) atoms. The van der Waals surface area contributed by atoms with Crippen LogP contribution < -0.4 is 26.0 Å². The van der Waals surface area contributed by atoms with Gasteiger partial charge < -0.3 is 60.4 Å². The number of nitrogens with one attached hydrogen (secondary N) is 5. The Morgan fingerprint density at radius 1 is 0.479 bits per heavy atom. The van der Waals surface area contributed by atoms with Gasteiger partial charge in [-0.2, -0.15) is 0 Å². The number of hydrogen-bond acceptors (Lipinski definition) is 14. The number of nitrogens with zero attached hydrogens (tertiary/aromatic N) is 1. The molecule has 410 valence electrons. The molecule has 1 unspecified atom stereocenters. The van der Waals surface area contributed by atoms with E-state index in [1.54, 1.807) is 4.90 Å². The topological polar surface area (TPSA) is 298 Å². The smallest absolute Gasteiger partial charge is 0.326 e. The molecule has 22 heteroatoms. The van der Waals surface area contributed by atoms with E-state index in [0.29, 0.717) is 58.2 Å². The lowest BCUT2D eigenvalue weighted by atomic mass is 9.95. The Morgan fingerprint density at radius 3 is 1.38 bits per heavy atom. The number of hydrogen-bond donors (Lipinski definition) is 9. The molecule has 1 rings (SSSR count). The van der Waals surface area contributed by atoms with E-state index in [0.717, 1.165) is 38.5 Å². The van der Waals surface area contributed by atoms with Crippen molar-refractivity contribution in [1.82, 2.24) is 30.9 Å². The number of rotatable bonds is 48. The third kappa shape index (κ3) is 38.2. The molecule has 2 atom stereocenters. The number of ether oxygens (including phenoxy) is 4. The fourth-order valence-electron chi connectivity index (χ4n) is 7.83. The molecule has 0 aliphatic carbocycles. The van der Waals surface area contributed by atoms with Crippen LogP contribution in [0.4, 0.5) is 0 Å². The lowest BCUT2D eigenvalue weighted by molar-refractivity contribution is -0.143. The summed E-state index contributed by atoms with van der Waals surface area (Å²) in [4.78, 5) is 97.0. The molecule has 1 aliphatic heterocycles. The standard InChI is InChI=1S/C49H88N6O15S/c56-42(51-27-31-67-33-36-70-38-44(58)52-28-32-68-34-35-69-37-43(57)50-26-18-17-19-41(54-71)49(65)66)23-22-40(48(63)64)53-47(62)39-24-29-55(30-25-39)45(59)20-15-13-11-9-7-5-3-1-2-4-6-8-10-12-14-16-21-46(60)61/h39-41,54,71H,1-38H2,(H,50,57)(H,51,56)(H,52,58)(H,53,62)(H,60,61)(H,63,64)(H,65,66)/t40-,41?/m0/s1. The minimum absolute atomic E-state index is 0.0812. The lowest BCUT2D eigenvalue weighted by Gasteiger charge is -2.32. The van der Waals surface area contributed by atoms with E-state index in [1.165, 1.54) is 64.2 Å². The van der Waals surface area contributed by atoms with Crippen molar-refractivity contribution >= 4 is 60.3 Å². The van der Waals surface area contributed by atoms with Gasteiger partial charge in [0.1, 0.15) is 25.3 Å². The number of piperidine rings is 1. The van der Waals surface area contributed by atoms with Crippen LogP contribution in [-0.2, 0) is 57.3 Å². The highest BCUT2D eigenvalue weighted by Gasteiger charge is 2.30. The number of carbonyl (C=O) groups excluding carboxylic acids is 5. The second-order valence-corrected chi connectivity index (χ2v) is 18.3. The summed E-state index contributed by atoms with van der Waals surface area (Å²) in [5, 5.41) is 37.9. The number of carboxylic acids is 3. The molecule has 0 spiro atoms. The van der Waals surface area contributed by atoms with Gasteiger partial charge in [0.05, 0.1) is 39.6 Å². The Bertz CT molecular complexity index is 1490. The third-order valence-corrected chi connectivity index (χ3v) is 12.4. The van der Waals surface area contributed by atoms with Gasteiger partial charge >= 0.3 is 17.9 Å². The van der Waals surface area contributed by atoms with Gasteiger partial charge in [0.2, 0.25) is 29.5 Å². The van der Waals surface area contributed by atoms with Crippen molar-refractivity contribution in [3.8, 4) is 0 Å². The van der Waals surface area contributed by atoms with Crippen LogP contribution in [0.15, 0.2) is 0 Å². The van der Waals surface area contributed by atoms with Crippen LogP contribution in [0.5, 0.6) is 0 Å². The van der Waals surface area contributed by atoms with E-state index in [4.69, 9.17) is 29.2 Å². The molecule has 0 aromatic heterocycles. The molecular weight excluding hydrogens is 945 g/mol. The Labute approximate surface area is 426 Å². The van der Waals surface area contributed by atoms with E-state index in [1.807, 2.05) is 0 Å². The van der Waals surface area contributed by atoms with E-state index in [-0.39, 0.29) is 115 Å². The van der Waals surface area contributed by atoms with Crippen LogP contribution in [-0.4, -0.2) is 165 Å². The first kappa shape index (κ1) is 64.9. The van der Waals surface area contributed by atoms with Crippen molar-refractivity contribution in [2.45, 2.75) is 173 Å². The van der Waals surface area contributed by atoms with Crippen molar-refractivity contribution in [3.63, 3.8) is 0 Å². The van der Waals surface area contributed by atoms with Gasteiger partial charge in [-0.25, -0.2) is 4.79 Å². The van der Waals surface area contributed by atoms with Gasteiger partial charge in [0, 0.05) is 57.9 Å². The first-order chi connectivity index (χ1) is 34.3. The highest BCUT2D eigenvalue weighted by molar-refractivity contribution is 7.78. The first-order valence-corrected chi connectivity index (χ1v) is 26.5. The number of thiol groups is 1. The lowest BCUT2D eigenvalue weighted by Crippen LogP contribution is -2.47. The van der Waals surface area contributed by atoms with Crippen molar-refractivity contribution in [1.29, 1.82) is 0 Å². The molecule has 1 fully saturated rings. The molecule has 1 heterocycles. The molecule has 21 nitrogen and oxygen atoms in total. The third-order valence-electron chi connectivity index (χ3n) is 12.1. The van der Waals surface area contributed by atoms with E-state index < -0.39 is 35.9 Å². The highest BCUT2D eigenvalue weighted by atomic mass is 32.1. The van der Waals surface area contributed by atoms with Crippen LogP contribution in [0.1, 0.15) is 161 Å². The summed E-state index contributed by atoms with van der Waals surface area (Å²) in [6, 6.07) is -1.96. The fraction of sp³-hybridized carbons (Fsp3) is 0.837. The monoisotopic (exact) mass is 1030 g/mol. The molecule has 0 radical (unpaired) electrons. The molecule has 5 amide bonds. The minimum Gasteiger partial charge on any atom is -0.481 e. The van der Waals surface area contributed by atoms with Crippen molar-refractivity contribution < 1.29 is 72.6 Å². The number of amides is 5. The van der Waals surface area contributed by atoms with Crippen LogP contribution >= 0.6 is 12.8 Å². The van der Waals surface area contributed by atoms with Gasteiger partial charge in [-0.3, -0.25) is 38.3 Å².